The Balaban J connectivity index is 4.20. The number of nitrogens with one attached hydrogen (secondary N) is 1. The SMILES string of the molecule is CCCCCC/C=C\C/C=C\C(CCCCCCC(=O)NCC(=O)O)OC(=O)CCCCCCCCCCCCCCCC. The molecule has 0 radical (unpaired) electrons. The van der Waals surface area contributed by atoms with Gasteiger partial charge in [-0.2, -0.15) is 0 Å². The molecule has 1 amide bonds. The summed E-state index contributed by atoms with van der Waals surface area (Å²) in [5.41, 5.74) is 0. The molecule has 0 aromatic carbocycles. The van der Waals surface area contributed by atoms with Gasteiger partial charge < -0.3 is 15.2 Å². The number of carbonyl (C=O) groups is 3. The van der Waals surface area contributed by atoms with Crippen molar-refractivity contribution in [1.29, 1.82) is 0 Å². The van der Waals surface area contributed by atoms with E-state index in [4.69, 9.17) is 9.84 Å². The third kappa shape index (κ3) is 32.8. The molecule has 0 aromatic heterocycles. The van der Waals surface area contributed by atoms with Crippen LogP contribution in [-0.2, 0) is 19.1 Å². The average molecular weight is 620 g/mol. The van der Waals surface area contributed by atoms with E-state index in [-0.39, 0.29) is 24.5 Å². The third-order valence-corrected chi connectivity index (χ3v) is 8.11. The number of carbonyl (C=O) groups excluding carboxylic acids is 2. The van der Waals surface area contributed by atoms with Crippen LogP contribution >= 0.6 is 0 Å². The minimum Gasteiger partial charge on any atom is -0.480 e. The molecule has 0 saturated heterocycles. The van der Waals surface area contributed by atoms with E-state index in [1.165, 1.54) is 103 Å². The van der Waals surface area contributed by atoms with E-state index in [0.29, 0.717) is 12.8 Å². The molecule has 256 valence electrons. The lowest BCUT2D eigenvalue weighted by atomic mass is 10.0. The fourth-order valence-corrected chi connectivity index (χ4v) is 5.35. The van der Waals surface area contributed by atoms with Crippen molar-refractivity contribution >= 4 is 17.8 Å². The highest BCUT2D eigenvalue weighted by Gasteiger charge is 2.12. The molecule has 0 fully saturated rings. The van der Waals surface area contributed by atoms with Gasteiger partial charge in [-0.15, -0.1) is 0 Å². The number of hydrogen-bond acceptors (Lipinski definition) is 4. The van der Waals surface area contributed by atoms with Gasteiger partial charge in [0.2, 0.25) is 5.91 Å². The Morgan fingerprint density at radius 2 is 1.11 bits per heavy atom. The Morgan fingerprint density at radius 3 is 1.68 bits per heavy atom. The Morgan fingerprint density at radius 1 is 0.614 bits per heavy atom. The molecule has 6 nitrogen and oxygen atoms in total. The van der Waals surface area contributed by atoms with Gasteiger partial charge in [0.25, 0.3) is 0 Å². The molecule has 0 bridgehead atoms. The number of unbranched alkanes of at least 4 members (excludes halogenated alkanes) is 20. The van der Waals surface area contributed by atoms with Crippen molar-refractivity contribution in [1.82, 2.24) is 5.32 Å². The highest BCUT2D eigenvalue weighted by Crippen LogP contribution is 2.16. The first-order chi connectivity index (χ1) is 21.5. The number of carboxylic acid groups (broad SMARTS) is 1. The van der Waals surface area contributed by atoms with Gasteiger partial charge >= 0.3 is 11.9 Å². The van der Waals surface area contributed by atoms with E-state index in [0.717, 1.165) is 57.8 Å². The predicted molar refractivity (Wildman–Crippen MR) is 185 cm³/mol. The average Bonchev–Trinajstić information content (AvgIpc) is 3.00. The summed E-state index contributed by atoms with van der Waals surface area (Å²) >= 11 is 0. The van der Waals surface area contributed by atoms with Gasteiger partial charge in [-0.3, -0.25) is 14.4 Å². The first-order valence-corrected chi connectivity index (χ1v) is 18.5. The largest absolute Gasteiger partial charge is 0.480 e. The zero-order chi connectivity index (χ0) is 32.4. The maximum atomic E-state index is 12.6. The van der Waals surface area contributed by atoms with Crippen LogP contribution in [0.25, 0.3) is 0 Å². The van der Waals surface area contributed by atoms with Crippen LogP contribution in [0.2, 0.25) is 0 Å². The monoisotopic (exact) mass is 620 g/mol. The van der Waals surface area contributed by atoms with Crippen LogP contribution in [0.5, 0.6) is 0 Å². The highest BCUT2D eigenvalue weighted by molar-refractivity contribution is 5.80. The summed E-state index contributed by atoms with van der Waals surface area (Å²) in [5, 5.41) is 11.0. The van der Waals surface area contributed by atoms with Crippen molar-refractivity contribution in [3.8, 4) is 0 Å². The van der Waals surface area contributed by atoms with Crippen LogP contribution < -0.4 is 5.32 Å². The number of hydrogen-bond donors (Lipinski definition) is 2. The quantitative estimate of drug-likeness (QED) is 0.0433. The number of esters is 1. The first kappa shape index (κ1) is 41.9. The van der Waals surface area contributed by atoms with Crippen molar-refractivity contribution in [3.05, 3.63) is 24.3 Å². The van der Waals surface area contributed by atoms with Crippen molar-refractivity contribution in [3.63, 3.8) is 0 Å². The van der Waals surface area contributed by atoms with Crippen LogP contribution in [0.4, 0.5) is 0 Å². The molecular formula is C38H69NO5. The summed E-state index contributed by atoms with van der Waals surface area (Å²) in [5.74, 6) is -1.34. The number of amides is 1. The maximum absolute atomic E-state index is 12.6. The fraction of sp³-hybridized carbons (Fsp3) is 0.816. The number of allylic oxidation sites excluding steroid dienone is 3. The zero-order valence-corrected chi connectivity index (χ0v) is 28.8. The number of aliphatic carboxylic acids is 1. The molecule has 0 aliphatic carbocycles. The molecule has 0 rings (SSSR count). The van der Waals surface area contributed by atoms with Gasteiger partial charge in [-0.05, 0) is 51.0 Å². The maximum Gasteiger partial charge on any atom is 0.322 e. The van der Waals surface area contributed by atoms with E-state index in [9.17, 15) is 14.4 Å². The van der Waals surface area contributed by atoms with E-state index < -0.39 is 5.97 Å². The summed E-state index contributed by atoms with van der Waals surface area (Å²) < 4.78 is 5.87. The Hall–Kier alpha value is -2.11. The topological polar surface area (TPSA) is 92.7 Å². The van der Waals surface area contributed by atoms with Crippen molar-refractivity contribution in [2.24, 2.45) is 0 Å². The lowest BCUT2D eigenvalue weighted by molar-refractivity contribution is -0.147. The minimum absolute atomic E-state index is 0.0971. The molecule has 0 heterocycles. The van der Waals surface area contributed by atoms with E-state index in [1.807, 2.05) is 6.08 Å². The van der Waals surface area contributed by atoms with Crippen LogP contribution in [-0.4, -0.2) is 35.6 Å². The molecule has 0 spiro atoms. The van der Waals surface area contributed by atoms with E-state index >= 15 is 0 Å². The lowest BCUT2D eigenvalue weighted by Crippen LogP contribution is -2.28. The minimum atomic E-state index is -1.03. The zero-order valence-electron chi connectivity index (χ0n) is 28.8. The second-order valence-corrected chi connectivity index (χ2v) is 12.5. The predicted octanol–water partition coefficient (Wildman–Crippen LogP) is 10.8. The standard InChI is InChI=1S/C38H69NO5/c1-3-5-7-9-11-13-14-15-16-17-19-21-23-29-33-38(43)44-35(30-26-22-20-18-12-10-8-6-4-2)31-27-24-25-28-32-36(40)39-34-37(41)42/h18,20,26,30,35H,3-17,19,21-25,27-29,31-34H2,1-2H3,(H,39,40)(H,41,42)/b20-18-,30-26-. The third-order valence-electron chi connectivity index (χ3n) is 8.11. The Labute approximate surface area is 271 Å². The number of ether oxygens (including phenoxy) is 1. The van der Waals surface area contributed by atoms with Gasteiger partial charge in [0, 0.05) is 12.8 Å². The highest BCUT2D eigenvalue weighted by atomic mass is 16.5. The smallest absolute Gasteiger partial charge is 0.322 e. The van der Waals surface area contributed by atoms with E-state index in [1.54, 1.807) is 0 Å². The van der Waals surface area contributed by atoms with Crippen molar-refractivity contribution in [2.75, 3.05) is 6.54 Å². The van der Waals surface area contributed by atoms with Crippen molar-refractivity contribution < 1.29 is 24.2 Å². The molecule has 0 aliphatic heterocycles. The molecule has 2 N–H and O–H groups in total. The van der Waals surface area contributed by atoms with Crippen LogP contribution in [0, 0.1) is 0 Å². The normalized spacial score (nSPS) is 12.2. The fourth-order valence-electron chi connectivity index (χ4n) is 5.35. The van der Waals surface area contributed by atoms with Gasteiger partial charge in [0.05, 0.1) is 0 Å². The summed E-state index contributed by atoms with van der Waals surface area (Å²) in [7, 11) is 0. The van der Waals surface area contributed by atoms with Gasteiger partial charge in [-0.1, -0.05) is 148 Å². The van der Waals surface area contributed by atoms with Crippen LogP contribution in [0.3, 0.4) is 0 Å². The van der Waals surface area contributed by atoms with Crippen molar-refractivity contribution in [2.45, 2.75) is 193 Å². The summed E-state index contributed by atoms with van der Waals surface area (Å²) in [4.78, 5) is 34.8. The molecule has 6 heteroatoms. The molecule has 0 aromatic rings. The Bertz CT molecular complexity index is 733. The second kappa shape index (κ2) is 33.8. The van der Waals surface area contributed by atoms with Crippen LogP contribution in [0.15, 0.2) is 24.3 Å². The summed E-state index contributed by atoms with van der Waals surface area (Å²) in [6, 6.07) is 0. The molecule has 44 heavy (non-hydrogen) atoms. The van der Waals surface area contributed by atoms with Crippen LogP contribution in [0.1, 0.15) is 187 Å². The van der Waals surface area contributed by atoms with Gasteiger partial charge in [0.15, 0.2) is 0 Å². The number of carboxylic acids is 1. The summed E-state index contributed by atoms with van der Waals surface area (Å²) in [6.07, 6.45) is 38.8. The van der Waals surface area contributed by atoms with Gasteiger partial charge in [-0.25, -0.2) is 0 Å². The molecule has 0 aliphatic rings. The molecule has 0 saturated carbocycles. The molecular weight excluding hydrogens is 550 g/mol. The molecule has 1 unspecified atom stereocenters. The Kier molecular flexibility index (Phi) is 32.2. The first-order valence-electron chi connectivity index (χ1n) is 18.5. The lowest BCUT2D eigenvalue weighted by Gasteiger charge is -2.14. The second-order valence-electron chi connectivity index (χ2n) is 12.5. The number of rotatable bonds is 33. The summed E-state index contributed by atoms with van der Waals surface area (Å²) in [6.45, 7) is 4.17. The molecule has 1 atom stereocenters. The van der Waals surface area contributed by atoms with Gasteiger partial charge in [0.1, 0.15) is 12.6 Å². The van der Waals surface area contributed by atoms with E-state index in [2.05, 4.69) is 37.4 Å².